The van der Waals surface area contributed by atoms with Gasteiger partial charge in [0.2, 0.25) is 11.8 Å². The molecule has 0 N–H and O–H groups in total. The molecule has 0 radical (unpaired) electrons. The van der Waals surface area contributed by atoms with Crippen LogP contribution in [-0.2, 0) is 29.0 Å². The first-order valence-corrected chi connectivity index (χ1v) is 8.41. The molecule has 3 rings (SSSR count). The summed E-state index contributed by atoms with van der Waals surface area (Å²) in [6, 6.07) is 19.9. The summed E-state index contributed by atoms with van der Waals surface area (Å²) in [4.78, 5) is 13.6. The minimum absolute atomic E-state index is 0.155. The summed E-state index contributed by atoms with van der Waals surface area (Å²) >= 11 is 0. The first-order valence-electron chi connectivity index (χ1n) is 8.41. The molecule has 6 heteroatoms. The van der Waals surface area contributed by atoms with Gasteiger partial charge in [-0.2, -0.15) is 0 Å². The molecule has 0 amide bonds. The van der Waals surface area contributed by atoms with Crippen LogP contribution in [0.15, 0.2) is 65.1 Å². The normalized spacial score (nSPS) is 10.8. The molecule has 6 nitrogen and oxygen atoms in total. The van der Waals surface area contributed by atoms with Crippen LogP contribution in [0.5, 0.6) is 0 Å². The van der Waals surface area contributed by atoms with Crippen LogP contribution in [0, 0.1) is 0 Å². The van der Waals surface area contributed by atoms with Crippen molar-refractivity contribution >= 4 is 5.97 Å². The van der Waals surface area contributed by atoms with E-state index >= 15 is 0 Å². The molecule has 0 fully saturated rings. The minimum atomic E-state index is -0.301. The average molecular weight is 351 g/mol. The van der Waals surface area contributed by atoms with E-state index < -0.39 is 0 Å². The number of methoxy groups -OCH3 is 1. The van der Waals surface area contributed by atoms with Crippen LogP contribution in [-0.4, -0.2) is 34.7 Å². The Morgan fingerprint density at radius 2 is 1.54 bits per heavy atom. The van der Waals surface area contributed by atoms with Crippen LogP contribution < -0.4 is 0 Å². The van der Waals surface area contributed by atoms with E-state index in [1.165, 1.54) is 7.11 Å². The zero-order chi connectivity index (χ0) is 18.2. The topological polar surface area (TPSA) is 68.5 Å². The van der Waals surface area contributed by atoms with Gasteiger partial charge in [-0.25, -0.2) is 0 Å². The van der Waals surface area contributed by atoms with Gasteiger partial charge in [-0.05, 0) is 11.1 Å². The number of aromatic nitrogens is 2. The van der Waals surface area contributed by atoms with Gasteiger partial charge >= 0.3 is 5.97 Å². The number of carbonyl (C=O) groups is 1. The molecule has 2 aromatic carbocycles. The Hall–Kier alpha value is -2.99. The van der Waals surface area contributed by atoms with Gasteiger partial charge < -0.3 is 9.15 Å². The van der Waals surface area contributed by atoms with Gasteiger partial charge in [-0.15, -0.1) is 10.2 Å². The largest absolute Gasteiger partial charge is 0.468 e. The fourth-order valence-corrected chi connectivity index (χ4v) is 2.64. The second-order valence-corrected chi connectivity index (χ2v) is 5.96. The molecule has 0 saturated heterocycles. The van der Waals surface area contributed by atoms with Gasteiger partial charge in [0, 0.05) is 6.54 Å². The summed E-state index contributed by atoms with van der Waals surface area (Å²) in [5.41, 5.74) is 2.21. The van der Waals surface area contributed by atoms with E-state index in [1.54, 1.807) is 0 Å². The number of ether oxygens (including phenoxy) is 1. The molecule has 0 spiro atoms. The lowest BCUT2D eigenvalue weighted by molar-refractivity contribution is -0.142. The van der Waals surface area contributed by atoms with Gasteiger partial charge in [0.1, 0.15) is 0 Å². The monoisotopic (exact) mass is 351 g/mol. The second kappa shape index (κ2) is 8.92. The number of carbonyl (C=O) groups excluding carboxylic acids is 1. The van der Waals surface area contributed by atoms with E-state index in [1.807, 2.05) is 65.6 Å². The van der Waals surface area contributed by atoms with Crippen LogP contribution in [0.3, 0.4) is 0 Å². The van der Waals surface area contributed by atoms with E-state index in [0.717, 1.165) is 11.1 Å². The van der Waals surface area contributed by atoms with Crippen molar-refractivity contribution in [2.24, 2.45) is 0 Å². The smallest absolute Gasteiger partial charge is 0.319 e. The maximum atomic E-state index is 11.7. The fourth-order valence-electron chi connectivity index (χ4n) is 2.64. The molecule has 0 aliphatic heterocycles. The van der Waals surface area contributed by atoms with Crippen molar-refractivity contribution in [1.29, 1.82) is 0 Å². The molecule has 0 saturated carbocycles. The molecule has 3 aromatic rings. The van der Waals surface area contributed by atoms with Gasteiger partial charge in [-0.3, -0.25) is 9.69 Å². The average Bonchev–Trinajstić information content (AvgIpc) is 3.10. The highest BCUT2D eigenvalue weighted by Gasteiger charge is 2.16. The van der Waals surface area contributed by atoms with Gasteiger partial charge in [0.25, 0.3) is 0 Å². The molecule has 0 aliphatic rings. The van der Waals surface area contributed by atoms with E-state index in [9.17, 15) is 4.79 Å². The molecule has 0 atom stereocenters. The maximum absolute atomic E-state index is 11.7. The molecule has 0 aliphatic carbocycles. The summed E-state index contributed by atoms with van der Waals surface area (Å²) in [5.74, 6) is 0.740. The van der Waals surface area contributed by atoms with Crippen LogP contribution in [0.1, 0.15) is 22.9 Å². The third-order valence-electron chi connectivity index (χ3n) is 3.90. The summed E-state index contributed by atoms with van der Waals surface area (Å²) in [5, 5.41) is 8.23. The Balaban J connectivity index is 1.67. The van der Waals surface area contributed by atoms with Crippen LogP contribution in [0.2, 0.25) is 0 Å². The number of benzene rings is 2. The van der Waals surface area contributed by atoms with Gasteiger partial charge in [0.05, 0.1) is 26.6 Å². The molecule has 0 unspecified atom stereocenters. The molecule has 1 aromatic heterocycles. The Morgan fingerprint density at radius 3 is 2.19 bits per heavy atom. The lowest BCUT2D eigenvalue weighted by atomic mass is 10.2. The number of hydrogen-bond acceptors (Lipinski definition) is 6. The molecule has 0 bridgehead atoms. The highest BCUT2D eigenvalue weighted by molar-refractivity contribution is 5.71. The molecular formula is C20H21N3O3. The molecular weight excluding hydrogens is 330 g/mol. The number of hydrogen-bond donors (Lipinski definition) is 0. The van der Waals surface area contributed by atoms with Crippen molar-refractivity contribution in [3.63, 3.8) is 0 Å². The van der Waals surface area contributed by atoms with E-state index in [0.29, 0.717) is 31.3 Å². The van der Waals surface area contributed by atoms with Crippen molar-refractivity contribution < 1.29 is 13.9 Å². The fraction of sp³-hybridized carbons (Fsp3) is 0.250. The zero-order valence-electron chi connectivity index (χ0n) is 14.7. The quantitative estimate of drug-likeness (QED) is 0.581. The Bertz CT molecular complexity index is 819. The maximum Gasteiger partial charge on any atom is 0.319 e. The first kappa shape index (κ1) is 17.8. The third-order valence-corrected chi connectivity index (χ3v) is 3.90. The van der Waals surface area contributed by atoms with Crippen LogP contribution in [0.25, 0.3) is 0 Å². The standard InChI is InChI=1S/C20H21N3O3/c1-25-20(24)15-23(13-17-10-6-3-7-11-17)14-19-22-21-18(26-19)12-16-8-4-2-5-9-16/h2-11H,12-15H2,1H3. The van der Waals surface area contributed by atoms with Crippen molar-refractivity contribution in [2.75, 3.05) is 13.7 Å². The first-order chi connectivity index (χ1) is 12.7. The number of esters is 1. The van der Waals surface area contributed by atoms with Crippen molar-refractivity contribution in [3.8, 4) is 0 Å². The second-order valence-electron chi connectivity index (χ2n) is 5.96. The van der Waals surface area contributed by atoms with Crippen molar-refractivity contribution in [1.82, 2.24) is 15.1 Å². The van der Waals surface area contributed by atoms with E-state index in [-0.39, 0.29) is 12.5 Å². The summed E-state index contributed by atoms with van der Waals surface area (Å²) in [6.07, 6.45) is 0.587. The Morgan fingerprint density at radius 1 is 0.923 bits per heavy atom. The minimum Gasteiger partial charge on any atom is -0.468 e. The Kier molecular flexibility index (Phi) is 6.11. The van der Waals surface area contributed by atoms with Gasteiger partial charge in [0.15, 0.2) is 0 Å². The van der Waals surface area contributed by atoms with Crippen LogP contribution in [0.4, 0.5) is 0 Å². The van der Waals surface area contributed by atoms with E-state index in [2.05, 4.69) is 10.2 Å². The highest BCUT2D eigenvalue weighted by atomic mass is 16.5. The van der Waals surface area contributed by atoms with Crippen molar-refractivity contribution in [3.05, 3.63) is 83.6 Å². The van der Waals surface area contributed by atoms with Crippen LogP contribution >= 0.6 is 0 Å². The molecule has 26 heavy (non-hydrogen) atoms. The predicted molar refractivity (Wildman–Crippen MR) is 96.1 cm³/mol. The lowest BCUT2D eigenvalue weighted by Gasteiger charge is -2.19. The summed E-state index contributed by atoms with van der Waals surface area (Å²) in [6.45, 7) is 1.12. The van der Waals surface area contributed by atoms with Crippen molar-refractivity contribution in [2.45, 2.75) is 19.5 Å². The van der Waals surface area contributed by atoms with Gasteiger partial charge in [-0.1, -0.05) is 60.7 Å². The SMILES string of the molecule is COC(=O)CN(Cc1ccccc1)Cc1nnc(Cc2ccccc2)o1. The lowest BCUT2D eigenvalue weighted by Crippen LogP contribution is -2.30. The highest BCUT2D eigenvalue weighted by Crippen LogP contribution is 2.12. The zero-order valence-corrected chi connectivity index (χ0v) is 14.7. The number of rotatable bonds is 8. The number of nitrogens with zero attached hydrogens (tertiary/aromatic N) is 3. The molecule has 134 valence electrons. The Labute approximate surface area is 152 Å². The predicted octanol–water partition coefficient (Wildman–Crippen LogP) is 2.84. The summed E-state index contributed by atoms with van der Waals surface area (Å²) < 4.78 is 10.5. The summed E-state index contributed by atoms with van der Waals surface area (Å²) in [7, 11) is 1.38. The molecule has 1 heterocycles. The third kappa shape index (κ3) is 5.26. The van der Waals surface area contributed by atoms with E-state index in [4.69, 9.17) is 9.15 Å².